The molecule has 0 aromatic carbocycles. The Bertz CT molecular complexity index is 325. The maximum atomic E-state index is 13.2. The van der Waals surface area contributed by atoms with Crippen LogP contribution in [0.5, 0.6) is 0 Å². The summed E-state index contributed by atoms with van der Waals surface area (Å²) in [5, 5.41) is 4.70. The van der Waals surface area contributed by atoms with E-state index in [4.69, 9.17) is 0 Å². The second-order valence-electron chi connectivity index (χ2n) is 3.88. The molecule has 0 aliphatic heterocycles. The van der Waals surface area contributed by atoms with Crippen molar-refractivity contribution in [1.29, 1.82) is 0 Å². The molecule has 1 aromatic rings. The third-order valence-electron chi connectivity index (χ3n) is 2.69. The Morgan fingerprint density at radius 2 is 2.47 bits per heavy atom. The Kier molecular flexibility index (Phi) is 3.36. The zero-order valence-corrected chi connectivity index (χ0v) is 9.23. The molecule has 4 heteroatoms. The van der Waals surface area contributed by atoms with Crippen LogP contribution in [0.2, 0.25) is 0 Å². The molecule has 1 aliphatic rings. The highest BCUT2D eigenvalue weighted by molar-refractivity contribution is 7.10. The van der Waals surface area contributed by atoms with Gasteiger partial charge in [-0.1, -0.05) is 6.07 Å². The molecule has 0 spiro atoms. The number of halogens is 1. The van der Waals surface area contributed by atoms with Gasteiger partial charge >= 0.3 is 0 Å². The SMILES string of the molecule is O=C(Cc1cccs1)N[C@H]1CCC[C@H]1F. The first kappa shape index (κ1) is 10.6. The molecule has 0 saturated heterocycles. The summed E-state index contributed by atoms with van der Waals surface area (Å²) in [6.07, 6.45) is 1.77. The fourth-order valence-electron chi connectivity index (χ4n) is 1.91. The van der Waals surface area contributed by atoms with Crippen molar-refractivity contribution in [2.45, 2.75) is 37.9 Å². The first-order chi connectivity index (χ1) is 7.25. The van der Waals surface area contributed by atoms with Gasteiger partial charge in [0.1, 0.15) is 6.17 Å². The van der Waals surface area contributed by atoms with Gasteiger partial charge in [-0.05, 0) is 30.7 Å². The van der Waals surface area contributed by atoms with Crippen LogP contribution in [0.15, 0.2) is 17.5 Å². The molecule has 1 saturated carbocycles. The Labute approximate surface area is 92.5 Å². The molecule has 1 aliphatic carbocycles. The summed E-state index contributed by atoms with van der Waals surface area (Å²) in [6, 6.07) is 3.59. The highest BCUT2D eigenvalue weighted by Gasteiger charge is 2.27. The lowest BCUT2D eigenvalue weighted by Crippen LogP contribution is -2.38. The van der Waals surface area contributed by atoms with Gasteiger partial charge in [0, 0.05) is 4.88 Å². The smallest absolute Gasteiger partial charge is 0.225 e. The highest BCUT2D eigenvalue weighted by Crippen LogP contribution is 2.22. The van der Waals surface area contributed by atoms with Gasteiger partial charge in [-0.25, -0.2) is 4.39 Å². The van der Waals surface area contributed by atoms with Crippen LogP contribution in [0.25, 0.3) is 0 Å². The fraction of sp³-hybridized carbons (Fsp3) is 0.545. The minimum absolute atomic E-state index is 0.0630. The summed E-state index contributed by atoms with van der Waals surface area (Å²) >= 11 is 1.56. The van der Waals surface area contributed by atoms with E-state index in [0.717, 1.165) is 17.7 Å². The van der Waals surface area contributed by atoms with E-state index in [-0.39, 0.29) is 11.9 Å². The molecular weight excluding hydrogens is 213 g/mol. The van der Waals surface area contributed by atoms with Crippen molar-refractivity contribution in [2.24, 2.45) is 0 Å². The largest absolute Gasteiger partial charge is 0.350 e. The van der Waals surface area contributed by atoms with Crippen molar-refractivity contribution in [3.8, 4) is 0 Å². The second-order valence-corrected chi connectivity index (χ2v) is 4.91. The summed E-state index contributed by atoms with van der Waals surface area (Å²) in [5.41, 5.74) is 0. The number of carbonyl (C=O) groups excluding carboxylic acids is 1. The van der Waals surface area contributed by atoms with Crippen molar-refractivity contribution < 1.29 is 9.18 Å². The first-order valence-electron chi connectivity index (χ1n) is 5.21. The summed E-state index contributed by atoms with van der Waals surface area (Å²) in [5.74, 6) is -0.0630. The van der Waals surface area contributed by atoms with Crippen LogP contribution in [-0.2, 0) is 11.2 Å². The average molecular weight is 227 g/mol. The molecule has 1 fully saturated rings. The molecule has 2 atom stereocenters. The van der Waals surface area contributed by atoms with Crippen molar-refractivity contribution in [2.75, 3.05) is 0 Å². The molecule has 0 radical (unpaired) electrons. The van der Waals surface area contributed by atoms with Gasteiger partial charge in [-0.2, -0.15) is 0 Å². The van der Waals surface area contributed by atoms with Crippen LogP contribution in [0.1, 0.15) is 24.1 Å². The van der Waals surface area contributed by atoms with Gasteiger partial charge in [0.25, 0.3) is 0 Å². The number of amides is 1. The van der Waals surface area contributed by atoms with Gasteiger partial charge in [0.15, 0.2) is 0 Å². The number of rotatable bonds is 3. The number of thiophene rings is 1. The van der Waals surface area contributed by atoms with Crippen LogP contribution < -0.4 is 5.32 Å². The van der Waals surface area contributed by atoms with E-state index in [9.17, 15) is 9.18 Å². The molecule has 1 heterocycles. The van der Waals surface area contributed by atoms with E-state index >= 15 is 0 Å². The number of hydrogen-bond donors (Lipinski definition) is 1. The maximum absolute atomic E-state index is 13.2. The van der Waals surface area contributed by atoms with Gasteiger partial charge in [0.05, 0.1) is 12.5 Å². The lowest BCUT2D eigenvalue weighted by molar-refractivity contribution is -0.121. The first-order valence-corrected chi connectivity index (χ1v) is 6.09. The predicted molar refractivity (Wildman–Crippen MR) is 58.7 cm³/mol. The Morgan fingerprint density at radius 3 is 3.07 bits per heavy atom. The topological polar surface area (TPSA) is 29.1 Å². The van der Waals surface area contributed by atoms with Gasteiger partial charge < -0.3 is 5.32 Å². The lowest BCUT2D eigenvalue weighted by Gasteiger charge is -2.14. The molecule has 82 valence electrons. The Morgan fingerprint density at radius 1 is 1.60 bits per heavy atom. The van der Waals surface area contributed by atoms with Crippen molar-refractivity contribution in [1.82, 2.24) is 5.32 Å². The summed E-state index contributed by atoms with van der Waals surface area (Å²) in [7, 11) is 0. The minimum atomic E-state index is -0.850. The second kappa shape index (κ2) is 4.75. The summed E-state index contributed by atoms with van der Waals surface area (Å²) in [6.45, 7) is 0. The number of nitrogens with one attached hydrogen (secondary N) is 1. The Balaban J connectivity index is 1.82. The summed E-state index contributed by atoms with van der Waals surface area (Å²) < 4.78 is 13.2. The van der Waals surface area contributed by atoms with Gasteiger partial charge in [0.2, 0.25) is 5.91 Å². The van der Waals surface area contributed by atoms with Crippen LogP contribution in [0.4, 0.5) is 4.39 Å². The average Bonchev–Trinajstić information content (AvgIpc) is 2.79. The monoisotopic (exact) mass is 227 g/mol. The van der Waals surface area contributed by atoms with E-state index in [1.165, 1.54) is 0 Å². The minimum Gasteiger partial charge on any atom is -0.350 e. The normalized spacial score (nSPS) is 25.4. The standard InChI is InChI=1S/C11H14FNOS/c12-9-4-1-5-10(9)13-11(14)7-8-3-2-6-15-8/h2-3,6,9-10H,1,4-5,7H2,(H,13,14)/t9-,10+/m1/s1. The van der Waals surface area contributed by atoms with Crippen LogP contribution in [0, 0.1) is 0 Å². The van der Waals surface area contributed by atoms with Gasteiger partial charge in [-0.15, -0.1) is 11.3 Å². The number of hydrogen-bond acceptors (Lipinski definition) is 2. The van der Waals surface area contributed by atoms with Crippen molar-refractivity contribution in [3.05, 3.63) is 22.4 Å². The van der Waals surface area contributed by atoms with Crippen LogP contribution >= 0.6 is 11.3 Å². The van der Waals surface area contributed by atoms with E-state index in [1.807, 2.05) is 17.5 Å². The quantitative estimate of drug-likeness (QED) is 0.843. The molecule has 1 aromatic heterocycles. The highest BCUT2D eigenvalue weighted by atomic mass is 32.1. The molecule has 15 heavy (non-hydrogen) atoms. The summed E-state index contributed by atoms with van der Waals surface area (Å²) in [4.78, 5) is 12.6. The third kappa shape index (κ3) is 2.78. The molecule has 1 amide bonds. The molecule has 0 bridgehead atoms. The van der Waals surface area contributed by atoms with Crippen LogP contribution in [-0.4, -0.2) is 18.1 Å². The van der Waals surface area contributed by atoms with E-state index in [0.29, 0.717) is 12.8 Å². The van der Waals surface area contributed by atoms with E-state index < -0.39 is 6.17 Å². The van der Waals surface area contributed by atoms with E-state index in [1.54, 1.807) is 11.3 Å². The van der Waals surface area contributed by atoms with Gasteiger partial charge in [-0.3, -0.25) is 4.79 Å². The zero-order chi connectivity index (χ0) is 10.7. The predicted octanol–water partition coefficient (Wildman–Crippen LogP) is 2.30. The van der Waals surface area contributed by atoms with Crippen molar-refractivity contribution in [3.63, 3.8) is 0 Å². The zero-order valence-electron chi connectivity index (χ0n) is 8.41. The Hall–Kier alpha value is -0.900. The molecule has 2 nitrogen and oxygen atoms in total. The molecule has 2 rings (SSSR count). The number of alkyl halides is 1. The van der Waals surface area contributed by atoms with Crippen molar-refractivity contribution >= 4 is 17.2 Å². The maximum Gasteiger partial charge on any atom is 0.225 e. The fourth-order valence-corrected chi connectivity index (χ4v) is 2.61. The third-order valence-corrected chi connectivity index (χ3v) is 3.57. The lowest BCUT2D eigenvalue weighted by atomic mass is 10.2. The van der Waals surface area contributed by atoms with E-state index in [2.05, 4.69) is 5.32 Å². The molecule has 0 unspecified atom stereocenters. The molecule has 1 N–H and O–H groups in total. The number of carbonyl (C=O) groups is 1. The molecular formula is C11H14FNOS. The van der Waals surface area contributed by atoms with Crippen LogP contribution in [0.3, 0.4) is 0 Å².